The SMILES string of the molecule is CCCCCN(C(=O)C(CO)NC(=O)OC(C)(C)C)C(C(=O)NCC(=O)OC)c1ccc(O)cc1. The van der Waals surface area contributed by atoms with Gasteiger partial charge in [0.25, 0.3) is 0 Å². The summed E-state index contributed by atoms with van der Waals surface area (Å²) in [5.74, 6) is -2.08. The molecule has 0 spiro atoms. The van der Waals surface area contributed by atoms with Crippen LogP contribution in [0.1, 0.15) is 58.6 Å². The monoisotopic (exact) mass is 495 g/mol. The van der Waals surface area contributed by atoms with Crippen LogP contribution in [0.25, 0.3) is 0 Å². The second-order valence-corrected chi connectivity index (χ2v) is 8.91. The molecule has 0 saturated heterocycles. The lowest BCUT2D eigenvalue weighted by Crippen LogP contribution is -2.54. The van der Waals surface area contributed by atoms with E-state index in [9.17, 15) is 29.4 Å². The van der Waals surface area contributed by atoms with Crippen LogP contribution in [0, 0.1) is 0 Å². The number of phenols is 1. The fourth-order valence-electron chi connectivity index (χ4n) is 3.19. The van der Waals surface area contributed by atoms with Crippen LogP contribution in [-0.2, 0) is 23.9 Å². The Hall–Kier alpha value is -3.34. The first-order valence-corrected chi connectivity index (χ1v) is 11.5. The molecule has 35 heavy (non-hydrogen) atoms. The number of unbranched alkanes of at least 4 members (excludes halogenated alkanes) is 2. The average molecular weight is 496 g/mol. The normalized spacial score (nSPS) is 12.7. The molecule has 0 aliphatic heterocycles. The third-order valence-corrected chi connectivity index (χ3v) is 4.86. The number of nitrogens with one attached hydrogen (secondary N) is 2. The van der Waals surface area contributed by atoms with Crippen LogP contribution in [0.3, 0.4) is 0 Å². The highest BCUT2D eigenvalue weighted by molar-refractivity contribution is 5.93. The highest BCUT2D eigenvalue weighted by atomic mass is 16.6. The second kappa shape index (κ2) is 14.1. The van der Waals surface area contributed by atoms with Gasteiger partial charge >= 0.3 is 12.1 Å². The molecule has 196 valence electrons. The Morgan fingerprint density at radius 1 is 1.09 bits per heavy atom. The molecule has 11 heteroatoms. The number of aliphatic hydroxyl groups is 1. The molecule has 0 aliphatic rings. The summed E-state index contributed by atoms with van der Waals surface area (Å²) < 4.78 is 9.76. The molecule has 0 aliphatic carbocycles. The standard InChI is InChI=1S/C24H37N3O8/c1-6-7-8-13-27(22(32)18(15-28)26-23(33)35-24(2,3)4)20(16-9-11-17(29)12-10-16)21(31)25-14-19(30)34-5/h9-12,18,20,28-29H,6-8,13-15H2,1-5H3,(H,25,31)(H,26,33). The van der Waals surface area contributed by atoms with Gasteiger partial charge in [0.1, 0.15) is 30.0 Å². The van der Waals surface area contributed by atoms with Crippen molar-refractivity contribution in [1.82, 2.24) is 15.5 Å². The number of aliphatic hydroxyl groups excluding tert-OH is 1. The molecule has 0 bridgehead atoms. The third kappa shape index (κ3) is 10.2. The molecular formula is C24H37N3O8. The van der Waals surface area contributed by atoms with E-state index in [0.29, 0.717) is 12.0 Å². The maximum absolute atomic E-state index is 13.5. The number of rotatable bonds is 12. The van der Waals surface area contributed by atoms with E-state index in [1.807, 2.05) is 6.92 Å². The van der Waals surface area contributed by atoms with Crippen molar-refractivity contribution in [2.45, 2.75) is 64.6 Å². The van der Waals surface area contributed by atoms with E-state index in [1.165, 1.54) is 36.3 Å². The first-order valence-electron chi connectivity index (χ1n) is 11.5. The maximum Gasteiger partial charge on any atom is 0.408 e. The van der Waals surface area contributed by atoms with Gasteiger partial charge in [-0.15, -0.1) is 0 Å². The number of methoxy groups -OCH3 is 1. The summed E-state index contributed by atoms with van der Waals surface area (Å²) >= 11 is 0. The predicted octanol–water partition coefficient (Wildman–Crippen LogP) is 1.63. The van der Waals surface area contributed by atoms with Gasteiger partial charge in [0.05, 0.1) is 13.7 Å². The van der Waals surface area contributed by atoms with E-state index in [4.69, 9.17) is 4.74 Å². The van der Waals surface area contributed by atoms with Gasteiger partial charge < -0.3 is 35.2 Å². The second-order valence-electron chi connectivity index (χ2n) is 8.91. The highest BCUT2D eigenvalue weighted by Gasteiger charge is 2.36. The molecule has 0 heterocycles. The van der Waals surface area contributed by atoms with Crippen LogP contribution in [0.15, 0.2) is 24.3 Å². The Morgan fingerprint density at radius 3 is 2.23 bits per heavy atom. The third-order valence-electron chi connectivity index (χ3n) is 4.86. The number of hydrogen-bond acceptors (Lipinski definition) is 8. The zero-order valence-corrected chi connectivity index (χ0v) is 21.0. The summed E-state index contributed by atoms with van der Waals surface area (Å²) in [5, 5.41) is 24.4. The molecule has 0 aromatic heterocycles. The smallest absolute Gasteiger partial charge is 0.408 e. The Labute approximate surface area is 205 Å². The molecule has 11 nitrogen and oxygen atoms in total. The number of aromatic hydroxyl groups is 1. The van der Waals surface area contributed by atoms with Gasteiger partial charge in [0, 0.05) is 6.54 Å². The Balaban J connectivity index is 3.34. The minimum Gasteiger partial charge on any atom is -0.508 e. The Bertz CT molecular complexity index is 851. The number of ether oxygens (including phenoxy) is 2. The van der Waals surface area contributed by atoms with Crippen LogP contribution in [0.2, 0.25) is 0 Å². The predicted molar refractivity (Wildman–Crippen MR) is 127 cm³/mol. The van der Waals surface area contributed by atoms with E-state index in [1.54, 1.807) is 20.8 Å². The van der Waals surface area contributed by atoms with Crippen molar-refractivity contribution in [3.8, 4) is 5.75 Å². The zero-order chi connectivity index (χ0) is 26.6. The maximum atomic E-state index is 13.5. The highest BCUT2D eigenvalue weighted by Crippen LogP contribution is 2.25. The molecule has 1 rings (SSSR count). The first-order chi connectivity index (χ1) is 16.4. The van der Waals surface area contributed by atoms with E-state index in [-0.39, 0.29) is 12.3 Å². The van der Waals surface area contributed by atoms with Gasteiger partial charge in [-0.3, -0.25) is 14.4 Å². The summed E-state index contributed by atoms with van der Waals surface area (Å²) in [5.41, 5.74) is -0.458. The quantitative estimate of drug-likeness (QED) is 0.252. The van der Waals surface area contributed by atoms with Crippen LogP contribution >= 0.6 is 0 Å². The number of benzene rings is 1. The number of hydrogen-bond donors (Lipinski definition) is 4. The number of alkyl carbamates (subject to hydrolysis) is 1. The lowest BCUT2D eigenvalue weighted by molar-refractivity contribution is -0.145. The fraction of sp³-hybridized carbons (Fsp3) is 0.583. The molecule has 2 atom stereocenters. The lowest BCUT2D eigenvalue weighted by atomic mass is 10.0. The number of nitrogens with zero attached hydrogens (tertiary/aromatic N) is 1. The van der Waals surface area contributed by atoms with Crippen LogP contribution in [0.4, 0.5) is 4.79 Å². The molecule has 1 aromatic carbocycles. The summed E-state index contributed by atoms with van der Waals surface area (Å²) in [6.07, 6.45) is 1.26. The zero-order valence-electron chi connectivity index (χ0n) is 21.0. The summed E-state index contributed by atoms with van der Waals surface area (Å²) in [6, 6.07) is 3.11. The van der Waals surface area contributed by atoms with Crippen molar-refractivity contribution in [3.05, 3.63) is 29.8 Å². The van der Waals surface area contributed by atoms with Crippen LogP contribution in [0.5, 0.6) is 5.75 Å². The van der Waals surface area contributed by atoms with Gasteiger partial charge in [-0.1, -0.05) is 31.9 Å². The minimum absolute atomic E-state index is 0.0360. The average Bonchev–Trinajstić information content (AvgIpc) is 2.79. The number of phenolic OH excluding ortho intramolecular Hbond substituents is 1. The molecule has 1 aromatic rings. The Kier molecular flexibility index (Phi) is 12.0. The molecule has 2 unspecified atom stereocenters. The van der Waals surface area contributed by atoms with E-state index in [0.717, 1.165) is 12.8 Å². The number of carbonyl (C=O) groups excluding carboxylic acids is 4. The van der Waals surface area contributed by atoms with Crippen LogP contribution < -0.4 is 10.6 Å². The van der Waals surface area contributed by atoms with Crippen molar-refractivity contribution in [1.29, 1.82) is 0 Å². The van der Waals surface area contributed by atoms with Gasteiger partial charge in [-0.2, -0.15) is 0 Å². The van der Waals surface area contributed by atoms with Gasteiger partial charge in [0.2, 0.25) is 11.8 Å². The van der Waals surface area contributed by atoms with Gasteiger partial charge in [-0.25, -0.2) is 4.79 Å². The minimum atomic E-state index is -1.38. The van der Waals surface area contributed by atoms with E-state index >= 15 is 0 Å². The summed E-state index contributed by atoms with van der Waals surface area (Å²) in [4.78, 5) is 51.8. The summed E-state index contributed by atoms with van der Waals surface area (Å²) in [7, 11) is 1.18. The fourth-order valence-corrected chi connectivity index (χ4v) is 3.19. The molecular weight excluding hydrogens is 458 g/mol. The van der Waals surface area contributed by atoms with Crippen molar-refractivity contribution < 1.29 is 38.9 Å². The lowest BCUT2D eigenvalue weighted by Gasteiger charge is -2.34. The van der Waals surface area contributed by atoms with Gasteiger partial charge in [0.15, 0.2) is 0 Å². The number of esters is 1. The number of carbonyl (C=O) groups is 4. The molecule has 3 amide bonds. The van der Waals surface area contributed by atoms with Gasteiger partial charge in [-0.05, 0) is 44.9 Å². The molecule has 0 saturated carbocycles. The van der Waals surface area contributed by atoms with Crippen molar-refractivity contribution in [3.63, 3.8) is 0 Å². The first kappa shape index (κ1) is 29.7. The molecule has 4 N–H and O–H groups in total. The van der Waals surface area contributed by atoms with Crippen molar-refractivity contribution in [2.24, 2.45) is 0 Å². The van der Waals surface area contributed by atoms with E-state index in [2.05, 4.69) is 15.4 Å². The van der Waals surface area contributed by atoms with Crippen molar-refractivity contribution in [2.75, 3.05) is 26.8 Å². The molecule has 0 radical (unpaired) electrons. The van der Waals surface area contributed by atoms with E-state index < -0.39 is 54.7 Å². The summed E-state index contributed by atoms with van der Waals surface area (Å²) in [6.45, 7) is 5.95. The topological polar surface area (TPSA) is 154 Å². The Morgan fingerprint density at radius 2 is 1.71 bits per heavy atom. The number of amides is 3. The molecule has 0 fully saturated rings. The largest absolute Gasteiger partial charge is 0.508 e. The van der Waals surface area contributed by atoms with Crippen molar-refractivity contribution >= 4 is 23.9 Å². The van der Waals surface area contributed by atoms with Crippen LogP contribution in [-0.4, -0.2) is 77.4 Å².